The molecule has 0 aromatic rings. The van der Waals surface area contributed by atoms with Gasteiger partial charge in [-0.05, 0) is 13.8 Å². The van der Waals surface area contributed by atoms with Gasteiger partial charge in [0.25, 0.3) is 0 Å². The van der Waals surface area contributed by atoms with Crippen molar-refractivity contribution < 1.29 is 37.5 Å². The van der Waals surface area contributed by atoms with Crippen molar-refractivity contribution in [1.82, 2.24) is 0 Å². The minimum Gasteiger partial charge on any atom is -0.394 e. The van der Waals surface area contributed by atoms with E-state index in [4.69, 9.17) is 12.6 Å². The lowest BCUT2D eigenvalue weighted by Gasteiger charge is -2.36. The van der Waals surface area contributed by atoms with E-state index in [1.54, 1.807) is 0 Å². The average Bonchev–Trinajstić information content (AvgIpc) is 2.67. The lowest BCUT2D eigenvalue weighted by atomic mass is 9.75. The summed E-state index contributed by atoms with van der Waals surface area (Å²) < 4.78 is 19.0. The van der Waals surface area contributed by atoms with Crippen LogP contribution in [-0.4, -0.2) is 68.6 Å². The topological polar surface area (TPSA) is 124 Å². The molecule has 4 N–H and O–H groups in total. The van der Waals surface area contributed by atoms with E-state index in [0.29, 0.717) is 0 Å². The number of rotatable bonds is 4. The second-order valence-electron chi connectivity index (χ2n) is 3.88. The lowest BCUT2D eigenvalue weighted by Crippen LogP contribution is -2.66. The Morgan fingerprint density at radius 2 is 1.94 bits per heavy atom. The minimum absolute atomic E-state index is 0.804. The van der Waals surface area contributed by atoms with E-state index in [1.807, 2.05) is 0 Å². The average molecular weight is 250 g/mol. The summed E-state index contributed by atoms with van der Waals surface area (Å²) in [6, 6.07) is 0. The van der Waals surface area contributed by atoms with Gasteiger partial charge in [0.05, 0.1) is 13.2 Å². The molecular weight excluding hydrogens is 232 g/mol. The molecule has 1 fully saturated rings. The van der Waals surface area contributed by atoms with E-state index in [2.05, 4.69) is 0 Å². The fraction of sp³-hybridized carbons (Fsp3) is 0.800. The van der Waals surface area contributed by atoms with Crippen molar-refractivity contribution in [1.29, 1.82) is 0 Å². The molecule has 0 unspecified atom stereocenters. The molecule has 1 saturated heterocycles. The highest BCUT2D eigenvalue weighted by Crippen LogP contribution is 2.41. The zero-order chi connectivity index (χ0) is 14.8. The third-order valence-electron chi connectivity index (χ3n) is 3.03. The van der Waals surface area contributed by atoms with Crippen LogP contribution in [0, 0.1) is 0 Å². The second kappa shape index (κ2) is 4.43. The number of carbonyl (C=O) groups excluding carboxylic acids is 2. The van der Waals surface area contributed by atoms with Gasteiger partial charge in [0.1, 0.15) is 12.2 Å². The van der Waals surface area contributed by atoms with Gasteiger partial charge < -0.3 is 25.2 Å². The predicted molar refractivity (Wildman–Crippen MR) is 54.1 cm³/mol. The van der Waals surface area contributed by atoms with Crippen LogP contribution in [0.1, 0.15) is 16.5 Å². The maximum absolute atomic E-state index is 11.8. The first kappa shape index (κ1) is 11.2. The van der Waals surface area contributed by atoms with Crippen molar-refractivity contribution in [2.24, 2.45) is 0 Å². The molecule has 0 saturated carbocycles. The van der Waals surface area contributed by atoms with Crippen LogP contribution in [0.5, 0.6) is 0 Å². The fourth-order valence-corrected chi connectivity index (χ4v) is 1.97. The summed E-state index contributed by atoms with van der Waals surface area (Å²) >= 11 is 0. The molecule has 0 aromatic carbocycles. The third-order valence-corrected chi connectivity index (χ3v) is 3.03. The molecule has 17 heavy (non-hydrogen) atoms. The Labute approximate surface area is 100 Å². The highest BCUT2D eigenvalue weighted by atomic mass is 16.6. The van der Waals surface area contributed by atoms with E-state index in [1.165, 1.54) is 0 Å². The van der Waals surface area contributed by atoms with Crippen molar-refractivity contribution in [2.75, 3.05) is 13.2 Å². The molecule has 4 atom stereocenters. The van der Waals surface area contributed by atoms with E-state index in [-0.39, 0.29) is 0 Å². The molecule has 1 heterocycles. The van der Waals surface area contributed by atoms with Gasteiger partial charge in [0.15, 0.2) is 22.8 Å². The van der Waals surface area contributed by atoms with Gasteiger partial charge in [-0.25, -0.2) is 0 Å². The zero-order valence-corrected chi connectivity index (χ0v) is 9.00. The zero-order valence-electron chi connectivity index (χ0n) is 11.0. The molecule has 7 heteroatoms. The van der Waals surface area contributed by atoms with Crippen LogP contribution < -0.4 is 0 Å². The Bertz CT molecular complexity index is 361. The van der Waals surface area contributed by atoms with Gasteiger partial charge in [-0.3, -0.25) is 9.59 Å². The molecule has 1 rings (SSSR count). The summed E-state index contributed by atoms with van der Waals surface area (Å²) in [5.74, 6) is -2.35. The van der Waals surface area contributed by atoms with Gasteiger partial charge >= 0.3 is 0 Å². The first-order chi connectivity index (χ1) is 8.85. The van der Waals surface area contributed by atoms with Crippen molar-refractivity contribution in [3.05, 3.63) is 0 Å². The van der Waals surface area contributed by atoms with E-state index < -0.39 is 62.0 Å². The van der Waals surface area contributed by atoms with Gasteiger partial charge in [-0.2, -0.15) is 0 Å². The summed E-state index contributed by atoms with van der Waals surface area (Å²) in [5.41, 5.74) is -5.38. The molecular formula is C10H16O7. The molecule has 1 aliphatic heterocycles. The third kappa shape index (κ3) is 1.62. The molecule has 0 aliphatic carbocycles. The van der Waals surface area contributed by atoms with Gasteiger partial charge in [0.2, 0.25) is 0 Å². The van der Waals surface area contributed by atoms with E-state index in [0.717, 1.165) is 0 Å². The number of aliphatic hydroxyl groups excluding tert-OH is 3. The maximum atomic E-state index is 11.8. The van der Waals surface area contributed by atoms with Gasteiger partial charge in [-0.15, -0.1) is 0 Å². The van der Waals surface area contributed by atoms with E-state index in [9.17, 15) is 24.9 Å². The number of hydrogen-bond donors (Lipinski definition) is 4. The Hall–Kier alpha value is -0.860. The number of aliphatic hydroxyl groups is 4. The summed E-state index contributed by atoms with van der Waals surface area (Å²) in [6.45, 7) is -3.82. The van der Waals surface area contributed by atoms with Crippen molar-refractivity contribution in [3.8, 4) is 0 Å². The summed E-state index contributed by atoms with van der Waals surface area (Å²) in [5, 5.41) is 38.5. The lowest BCUT2D eigenvalue weighted by molar-refractivity contribution is -0.184. The van der Waals surface area contributed by atoms with Crippen molar-refractivity contribution >= 4 is 11.6 Å². The van der Waals surface area contributed by atoms with Crippen LogP contribution in [0.25, 0.3) is 0 Å². The number of ether oxygens (including phenoxy) is 1. The normalized spacial score (nSPS) is 43.1. The number of carbonyl (C=O) groups is 2. The molecule has 98 valence electrons. The predicted octanol–water partition coefficient (Wildman–Crippen LogP) is -2.62. The van der Waals surface area contributed by atoms with Crippen LogP contribution in [0.15, 0.2) is 0 Å². The number of hydrogen-bond acceptors (Lipinski definition) is 7. The molecule has 0 spiro atoms. The summed E-state index contributed by atoms with van der Waals surface area (Å²) in [7, 11) is 0. The highest BCUT2D eigenvalue weighted by Gasteiger charge is 2.69. The Morgan fingerprint density at radius 3 is 2.35 bits per heavy atom. The number of Topliss-reactive ketones (excluding diaryl/α,β-unsaturated/α-hetero) is 2. The van der Waals surface area contributed by atoms with Crippen molar-refractivity contribution in [2.45, 2.75) is 37.2 Å². The molecule has 0 bridgehead atoms. The summed E-state index contributed by atoms with van der Waals surface area (Å²) in [4.78, 5) is 23.5. The Morgan fingerprint density at radius 1 is 1.35 bits per heavy atom. The Kier molecular flexibility index (Phi) is 2.93. The summed E-state index contributed by atoms with van der Waals surface area (Å²) in [6.07, 6.45) is -3.44. The maximum Gasteiger partial charge on any atom is 0.189 e. The van der Waals surface area contributed by atoms with Crippen LogP contribution in [0.4, 0.5) is 0 Å². The molecule has 0 aromatic heterocycles. The van der Waals surface area contributed by atoms with Crippen LogP contribution in [0.3, 0.4) is 0 Å². The molecule has 1 aliphatic rings. The van der Waals surface area contributed by atoms with Crippen LogP contribution in [0.2, 0.25) is 0 Å². The highest BCUT2D eigenvalue weighted by molar-refractivity contribution is 5.99. The minimum atomic E-state index is -2.85. The SMILES string of the molecule is [2H]CC(=O)[C@]1(CO)O[C@@H](CO)[C@@H](O)[C@@]1(O)C(=O)C[2H]. The van der Waals surface area contributed by atoms with E-state index >= 15 is 0 Å². The van der Waals surface area contributed by atoms with Crippen LogP contribution >= 0.6 is 0 Å². The monoisotopic (exact) mass is 250 g/mol. The largest absolute Gasteiger partial charge is 0.394 e. The molecule has 0 amide bonds. The quantitative estimate of drug-likeness (QED) is 0.430. The van der Waals surface area contributed by atoms with Crippen LogP contribution in [-0.2, 0) is 14.3 Å². The Balaban J connectivity index is 3.41. The first-order valence-corrected chi connectivity index (χ1v) is 4.80. The van der Waals surface area contributed by atoms with Gasteiger partial charge in [0, 0.05) is 2.74 Å². The van der Waals surface area contributed by atoms with Crippen molar-refractivity contribution in [3.63, 3.8) is 0 Å². The smallest absolute Gasteiger partial charge is 0.189 e. The molecule has 7 nitrogen and oxygen atoms in total. The fourth-order valence-electron chi connectivity index (χ4n) is 1.97. The molecule has 0 radical (unpaired) electrons. The van der Waals surface area contributed by atoms with Gasteiger partial charge in [-0.1, -0.05) is 0 Å². The first-order valence-electron chi connectivity index (χ1n) is 6.22. The second-order valence-corrected chi connectivity index (χ2v) is 3.88. The standard InChI is InChI=1S/C10H16O7/c1-5(13)9(4-12)10(16,6(2)14)8(15)7(3-11)17-9/h7-8,11-12,15-16H,3-4H2,1-2H3/t7-,8+,9-,10-/m0/s1/i1D,2D. The number of ketones is 2.